The number of hydrogen-bond acceptors (Lipinski definition) is 6. The summed E-state index contributed by atoms with van der Waals surface area (Å²) in [6, 6.07) is 0. The zero-order valence-electron chi connectivity index (χ0n) is 21.2. The van der Waals surface area contributed by atoms with E-state index in [1.54, 1.807) is 0 Å². The van der Waals surface area contributed by atoms with Crippen LogP contribution in [0, 0.1) is 0 Å². The second kappa shape index (κ2) is 30.6. The van der Waals surface area contributed by atoms with Gasteiger partial charge in [0, 0.05) is 5.97 Å². The number of rotatable bonds is 18. The first-order valence-electron chi connectivity index (χ1n) is 12.0. The SMILES string of the molecule is C=C(C)C(=O)[O-].C=C(C)C(=O)[O-].CCCCCCCCCCCCCCCCCC(=O)[O-].[Ti+3]. The minimum Gasteiger partial charge on any atom is -0.550 e. The summed E-state index contributed by atoms with van der Waals surface area (Å²) in [5.41, 5.74) is 0.130. The van der Waals surface area contributed by atoms with Crippen LogP contribution in [0.25, 0.3) is 0 Å². The fourth-order valence-corrected chi connectivity index (χ4v) is 2.64. The summed E-state index contributed by atoms with van der Waals surface area (Å²) in [4.78, 5) is 29.2. The Labute approximate surface area is 216 Å². The molecule has 0 aliphatic heterocycles. The van der Waals surface area contributed by atoms with E-state index in [0.717, 1.165) is 12.8 Å². The van der Waals surface area contributed by atoms with E-state index in [9.17, 15) is 29.7 Å². The van der Waals surface area contributed by atoms with Gasteiger partial charge in [0.2, 0.25) is 0 Å². The van der Waals surface area contributed by atoms with E-state index >= 15 is 0 Å². The maximum absolute atomic E-state index is 10.2. The summed E-state index contributed by atoms with van der Waals surface area (Å²) in [6.07, 6.45) is 19.9. The van der Waals surface area contributed by atoms with E-state index in [1.807, 2.05) is 0 Å². The summed E-state index contributed by atoms with van der Waals surface area (Å²) >= 11 is 0. The summed E-state index contributed by atoms with van der Waals surface area (Å²) in [5, 5.41) is 29.2. The first-order valence-corrected chi connectivity index (χ1v) is 12.0. The van der Waals surface area contributed by atoms with E-state index in [2.05, 4.69) is 20.1 Å². The van der Waals surface area contributed by atoms with Gasteiger partial charge in [-0.05, 0) is 37.8 Å². The van der Waals surface area contributed by atoms with Crippen LogP contribution in [0.2, 0.25) is 0 Å². The Morgan fingerprint density at radius 3 is 0.939 bits per heavy atom. The van der Waals surface area contributed by atoms with Crippen molar-refractivity contribution in [2.24, 2.45) is 0 Å². The molecule has 33 heavy (non-hydrogen) atoms. The van der Waals surface area contributed by atoms with Gasteiger partial charge in [-0.2, -0.15) is 0 Å². The molecule has 0 aromatic heterocycles. The molecule has 0 atom stereocenters. The molecule has 0 aromatic carbocycles. The molecule has 7 heteroatoms. The summed E-state index contributed by atoms with van der Waals surface area (Å²) in [5.74, 6) is -3.27. The minimum atomic E-state index is -1.19. The number of carboxylic acid groups (broad SMARTS) is 3. The molecule has 0 rings (SSSR count). The van der Waals surface area contributed by atoms with Crippen LogP contribution >= 0.6 is 0 Å². The monoisotopic (exact) mass is 501 g/mol. The fraction of sp³-hybridized carbons (Fsp3) is 0.731. The molecule has 0 fully saturated rings. The molecule has 1 radical (unpaired) electrons. The van der Waals surface area contributed by atoms with Crippen molar-refractivity contribution < 1.29 is 51.4 Å². The Morgan fingerprint density at radius 2 is 0.758 bits per heavy atom. The van der Waals surface area contributed by atoms with Gasteiger partial charge >= 0.3 is 21.7 Å². The number of unbranched alkanes of at least 4 members (excludes halogenated alkanes) is 14. The first-order chi connectivity index (χ1) is 15.1. The van der Waals surface area contributed by atoms with Crippen molar-refractivity contribution in [1.82, 2.24) is 0 Å². The van der Waals surface area contributed by atoms with Gasteiger partial charge in [0.25, 0.3) is 0 Å². The second-order valence-corrected chi connectivity index (χ2v) is 8.21. The Balaban J connectivity index is -0.000000266. The molecule has 0 aliphatic carbocycles. The van der Waals surface area contributed by atoms with Crippen LogP contribution < -0.4 is 15.3 Å². The topological polar surface area (TPSA) is 120 Å². The largest absolute Gasteiger partial charge is 3.00 e. The van der Waals surface area contributed by atoms with Gasteiger partial charge in [-0.15, -0.1) is 0 Å². The molecule has 0 saturated heterocycles. The molecule has 0 bridgehead atoms. The van der Waals surface area contributed by atoms with Crippen LogP contribution in [0.3, 0.4) is 0 Å². The van der Waals surface area contributed by atoms with Crippen molar-refractivity contribution in [1.29, 1.82) is 0 Å². The Bertz CT molecular complexity index is 469. The van der Waals surface area contributed by atoms with Gasteiger partial charge in [0.1, 0.15) is 0 Å². The van der Waals surface area contributed by atoms with E-state index in [4.69, 9.17) is 0 Å². The van der Waals surface area contributed by atoms with Crippen molar-refractivity contribution in [3.05, 3.63) is 24.3 Å². The molecular formula is C26H45O6Ti. The van der Waals surface area contributed by atoms with E-state index in [1.165, 1.54) is 97.3 Å². The van der Waals surface area contributed by atoms with Crippen LogP contribution in [-0.4, -0.2) is 17.9 Å². The summed E-state index contributed by atoms with van der Waals surface area (Å²) < 4.78 is 0. The van der Waals surface area contributed by atoms with Crippen molar-refractivity contribution in [3.63, 3.8) is 0 Å². The van der Waals surface area contributed by atoms with Gasteiger partial charge < -0.3 is 29.7 Å². The van der Waals surface area contributed by atoms with Crippen LogP contribution in [-0.2, 0) is 36.1 Å². The van der Waals surface area contributed by atoms with Gasteiger partial charge in [0.15, 0.2) is 0 Å². The number of carbonyl (C=O) groups is 3. The maximum atomic E-state index is 10.2. The third kappa shape index (κ3) is 44.9. The molecule has 6 nitrogen and oxygen atoms in total. The second-order valence-electron chi connectivity index (χ2n) is 8.21. The zero-order chi connectivity index (χ0) is 25.2. The average molecular weight is 502 g/mol. The Morgan fingerprint density at radius 1 is 0.545 bits per heavy atom. The molecule has 0 saturated carbocycles. The fourth-order valence-electron chi connectivity index (χ4n) is 2.64. The van der Waals surface area contributed by atoms with Gasteiger partial charge in [0.05, 0.1) is 11.9 Å². The van der Waals surface area contributed by atoms with Crippen LogP contribution in [0.5, 0.6) is 0 Å². The first kappa shape index (κ1) is 38.8. The van der Waals surface area contributed by atoms with Crippen molar-refractivity contribution in [2.75, 3.05) is 0 Å². The summed E-state index contributed by atoms with van der Waals surface area (Å²) in [6.45, 7) is 11.2. The molecule has 0 aliphatic rings. The molecule has 0 amide bonds. The van der Waals surface area contributed by atoms with Crippen LogP contribution in [0.4, 0.5) is 0 Å². The molecular weight excluding hydrogens is 456 g/mol. The van der Waals surface area contributed by atoms with Crippen LogP contribution in [0.15, 0.2) is 24.3 Å². The molecule has 0 N–H and O–H groups in total. The third-order valence-corrected chi connectivity index (χ3v) is 4.68. The molecule has 0 heterocycles. The number of hydrogen-bond donors (Lipinski definition) is 0. The smallest absolute Gasteiger partial charge is 0.550 e. The van der Waals surface area contributed by atoms with Gasteiger partial charge in [-0.25, -0.2) is 0 Å². The quantitative estimate of drug-likeness (QED) is 0.161. The summed E-state index contributed by atoms with van der Waals surface area (Å²) in [7, 11) is 0. The minimum absolute atomic E-state index is 0. The van der Waals surface area contributed by atoms with E-state index in [-0.39, 0.29) is 39.3 Å². The van der Waals surface area contributed by atoms with Crippen molar-refractivity contribution in [3.8, 4) is 0 Å². The van der Waals surface area contributed by atoms with Crippen molar-refractivity contribution in [2.45, 2.75) is 124 Å². The number of aliphatic carboxylic acids is 3. The predicted molar refractivity (Wildman–Crippen MR) is 124 cm³/mol. The zero-order valence-corrected chi connectivity index (χ0v) is 22.7. The Kier molecular flexibility index (Phi) is 36.0. The third-order valence-electron chi connectivity index (χ3n) is 4.68. The molecule has 0 aromatic rings. The normalized spacial score (nSPS) is 9.30. The molecule has 0 unspecified atom stereocenters. The maximum Gasteiger partial charge on any atom is 3.00 e. The number of carboxylic acids is 3. The van der Waals surface area contributed by atoms with Crippen molar-refractivity contribution >= 4 is 17.9 Å². The van der Waals surface area contributed by atoms with E-state index in [0.29, 0.717) is 0 Å². The standard InChI is InChI=1S/C18H36O2.2C4H6O2.Ti/c1-2-3-4-5-6-7-8-9-10-11-12-13-14-15-16-17-18(19)20;2*1-3(2)4(5)6;/h2-17H2,1H3,(H,19,20);2*1H2,2H3,(H,5,6);/q;;;+3/p-3. The predicted octanol–water partition coefficient (Wildman–Crippen LogP) is 3.62. The van der Waals surface area contributed by atoms with Gasteiger partial charge in [-0.3, -0.25) is 0 Å². The Hall–Kier alpha value is -1.40. The van der Waals surface area contributed by atoms with Crippen LogP contribution in [0.1, 0.15) is 124 Å². The van der Waals surface area contributed by atoms with E-state index < -0.39 is 17.9 Å². The molecule has 189 valence electrons. The molecule has 0 spiro atoms. The average Bonchev–Trinajstić information content (AvgIpc) is 2.71. The van der Waals surface area contributed by atoms with Gasteiger partial charge in [-0.1, -0.05) is 110 Å². The number of carbonyl (C=O) groups excluding carboxylic acids is 3.